The number of pyridine rings is 1. The molecule has 1 aliphatic carbocycles. The summed E-state index contributed by atoms with van der Waals surface area (Å²) >= 11 is 7.68. The Hall–Kier alpha value is -2.05. The summed E-state index contributed by atoms with van der Waals surface area (Å²) in [5.74, 6) is 1.15. The molecule has 0 bridgehead atoms. The lowest BCUT2D eigenvalue weighted by Gasteiger charge is -2.43. The first-order valence-corrected chi connectivity index (χ1v) is 13.0. The van der Waals surface area contributed by atoms with E-state index in [0.29, 0.717) is 42.2 Å². The van der Waals surface area contributed by atoms with E-state index in [4.69, 9.17) is 21.1 Å². The monoisotopic (exact) mass is 487 g/mol. The van der Waals surface area contributed by atoms with Crippen molar-refractivity contribution in [2.24, 2.45) is 5.92 Å². The number of methoxy groups -OCH3 is 1. The molecule has 1 aliphatic heterocycles. The minimum Gasteiger partial charge on any atom is -0.495 e. The van der Waals surface area contributed by atoms with Gasteiger partial charge in [-0.3, -0.25) is 14.6 Å². The number of thioether (sulfide) groups is 1. The Bertz CT molecular complexity index is 960. The third-order valence-electron chi connectivity index (χ3n) is 6.80. The number of halogens is 1. The Morgan fingerprint density at radius 1 is 1.18 bits per heavy atom. The molecule has 0 amide bonds. The molecule has 1 saturated carbocycles. The third kappa shape index (κ3) is 5.72. The van der Waals surface area contributed by atoms with Crippen LogP contribution in [0, 0.1) is 5.92 Å². The molecular formula is C26H30ClNO4S. The second-order valence-corrected chi connectivity index (χ2v) is 10.5. The highest BCUT2D eigenvalue weighted by atomic mass is 35.5. The first-order chi connectivity index (χ1) is 16.0. The van der Waals surface area contributed by atoms with Gasteiger partial charge in [0, 0.05) is 24.1 Å². The van der Waals surface area contributed by atoms with E-state index in [-0.39, 0.29) is 17.7 Å². The molecule has 4 rings (SSSR count). The lowest BCUT2D eigenvalue weighted by molar-refractivity contribution is -0.177. The van der Waals surface area contributed by atoms with Crippen LogP contribution in [0.4, 0.5) is 0 Å². The number of aryl methyl sites for hydroxylation is 2. The molecule has 33 heavy (non-hydrogen) atoms. The molecule has 1 aromatic carbocycles. The number of ketones is 1. The maximum atomic E-state index is 13.2. The van der Waals surface area contributed by atoms with Gasteiger partial charge >= 0.3 is 5.97 Å². The van der Waals surface area contributed by atoms with Crippen molar-refractivity contribution in [3.63, 3.8) is 0 Å². The Labute approximate surface area is 204 Å². The van der Waals surface area contributed by atoms with E-state index in [1.165, 1.54) is 11.8 Å². The molecule has 2 aliphatic rings. The fraction of sp³-hybridized carbons (Fsp3) is 0.500. The van der Waals surface area contributed by atoms with Gasteiger partial charge in [0.05, 0.1) is 12.1 Å². The van der Waals surface area contributed by atoms with Crippen molar-refractivity contribution in [3.8, 4) is 5.75 Å². The SMILES string of the molecule is COc1ccc(CCC2(C3CCCC3)CC(=O)C(SCCc3ccccn3)C(=O)O2)cc1Cl. The quantitative estimate of drug-likeness (QED) is 0.345. The molecule has 0 N–H and O–H groups in total. The van der Waals surface area contributed by atoms with Gasteiger partial charge in [-0.25, -0.2) is 0 Å². The highest BCUT2D eigenvalue weighted by molar-refractivity contribution is 8.01. The van der Waals surface area contributed by atoms with Gasteiger partial charge in [0.1, 0.15) is 11.4 Å². The van der Waals surface area contributed by atoms with Crippen LogP contribution in [0.25, 0.3) is 0 Å². The molecule has 2 fully saturated rings. The summed E-state index contributed by atoms with van der Waals surface area (Å²) in [5, 5.41) is -0.176. The Kier molecular flexibility index (Phi) is 7.97. The van der Waals surface area contributed by atoms with Gasteiger partial charge in [0.15, 0.2) is 11.0 Å². The third-order valence-corrected chi connectivity index (χ3v) is 8.33. The van der Waals surface area contributed by atoms with Gasteiger partial charge in [-0.05, 0) is 67.9 Å². The molecule has 1 saturated heterocycles. The summed E-state index contributed by atoms with van der Waals surface area (Å²) in [6, 6.07) is 11.5. The highest BCUT2D eigenvalue weighted by Gasteiger charge is 2.51. The van der Waals surface area contributed by atoms with Crippen molar-refractivity contribution >= 4 is 35.1 Å². The maximum absolute atomic E-state index is 13.2. The average Bonchev–Trinajstić information content (AvgIpc) is 3.36. The zero-order chi connectivity index (χ0) is 23.3. The van der Waals surface area contributed by atoms with Gasteiger partial charge in [-0.2, -0.15) is 0 Å². The summed E-state index contributed by atoms with van der Waals surface area (Å²) in [6.45, 7) is 0. The van der Waals surface area contributed by atoms with Crippen molar-refractivity contribution < 1.29 is 19.1 Å². The Morgan fingerprint density at radius 3 is 2.67 bits per heavy atom. The predicted octanol–water partition coefficient (Wildman–Crippen LogP) is 5.47. The highest BCUT2D eigenvalue weighted by Crippen LogP contribution is 2.45. The summed E-state index contributed by atoms with van der Waals surface area (Å²) in [4.78, 5) is 30.6. The molecule has 2 unspecified atom stereocenters. The van der Waals surface area contributed by atoms with Crippen LogP contribution in [0.15, 0.2) is 42.6 Å². The van der Waals surface area contributed by atoms with Crippen molar-refractivity contribution in [2.75, 3.05) is 12.9 Å². The van der Waals surface area contributed by atoms with Gasteiger partial charge in [-0.15, -0.1) is 11.8 Å². The number of benzene rings is 1. The average molecular weight is 488 g/mol. The molecule has 2 atom stereocenters. The van der Waals surface area contributed by atoms with Crippen LogP contribution in [0.5, 0.6) is 5.75 Å². The number of hydrogen-bond acceptors (Lipinski definition) is 6. The number of Topliss-reactive ketones (excluding diaryl/α,β-unsaturated/α-hetero) is 1. The van der Waals surface area contributed by atoms with E-state index < -0.39 is 10.9 Å². The standard InChI is InChI=1S/C26H30ClNO4S/c1-31-23-10-9-18(16-21(23)27)11-13-26(19-6-2-3-7-19)17-22(29)24(25(30)32-26)33-15-12-20-8-4-5-14-28-20/h4-5,8-10,14,16,19,24H,2-3,6-7,11-13,15,17H2,1H3. The minimum absolute atomic E-state index is 0.00284. The molecule has 5 nitrogen and oxygen atoms in total. The number of aromatic nitrogens is 1. The number of nitrogens with zero attached hydrogens (tertiary/aromatic N) is 1. The van der Waals surface area contributed by atoms with Crippen LogP contribution in [-0.4, -0.2) is 40.5 Å². The van der Waals surface area contributed by atoms with E-state index in [1.807, 2.05) is 36.4 Å². The molecule has 7 heteroatoms. The Balaban J connectivity index is 1.43. The van der Waals surface area contributed by atoms with Crippen molar-refractivity contribution in [1.29, 1.82) is 0 Å². The Morgan fingerprint density at radius 2 is 2.00 bits per heavy atom. The van der Waals surface area contributed by atoms with Gasteiger partial charge in [0.25, 0.3) is 0 Å². The lowest BCUT2D eigenvalue weighted by atomic mass is 9.76. The largest absolute Gasteiger partial charge is 0.495 e. The molecule has 0 radical (unpaired) electrons. The molecule has 2 heterocycles. The molecule has 176 valence electrons. The zero-order valence-electron chi connectivity index (χ0n) is 18.9. The van der Waals surface area contributed by atoms with Crippen molar-refractivity contribution in [3.05, 3.63) is 58.9 Å². The number of carbonyl (C=O) groups excluding carboxylic acids is 2. The van der Waals surface area contributed by atoms with E-state index in [0.717, 1.165) is 36.9 Å². The summed E-state index contributed by atoms with van der Waals surface area (Å²) in [7, 11) is 1.59. The fourth-order valence-corrected chi connectivity index (χ4v) is 6.34. The second-order valence-electron chi connectivity index (χ2n) is 8.90. The molecule has 2 aromatic rings. The number of carbonyl (C=O) groups is 2. The minimum atomic E-state index is -0.737. The predicted molar refractivity (Wildman–Crippen MR) is 131 cm³/mol. The molecule has 0 spiro atoms. The first-order valence-electron chi connectivity index (χ1n) is 11.6. The summed E-state index contributed by atoms with van der Waals surface area (Å²) in [6.07, 6.45) is 8.34. The number of hydrogen-bond donors (Lipinski definition) is 0. The first kappa shape index (κ1) is 24.1. The normalized spacial score (nSPS) is 23.5. The molecular weight excluding hydrogens is 458 g/mol. The number of ether oxygens (including phenoxy) is 2. The van der Waals surface area contributed by atoms with Crippen LogP contribution < -0.4 is 4.74 Å². The van der Waals surface area contributed by atoms with E-state index in [9.17, 15) is 9.59 Å². The number of cyclic esters (lactones) is 1. The topological polar surface area (TPSA) is 65.5 Å². The van der Waals surface area contributed by atoms with Crippen LogP contribution in [-0.2, 0) is 27.2 Å². The number of rotatable bonds is 9. The number of esters is 1. The maximum Gasteiger partial charge on any atom is 0.327 e. The molecule has 1 aromatic heterocycles. The van der Waals surface area contributed by atoms with Gasteiger partial charge < -0.3 is 9.47 Å². The smallest absolute Gasteiger partial charge is 0.327 e. The van der Waals surface area contributed by atoms with E-state index in [2.05, 4.69) is 4.98 Å². The van der Waals surface area contributed by atoms with Crippen molar-refractivity contribution in [2.45, 2.75) is 62.2 Å². The van der Waals surface area contributed by atoms with E-state index in [1.54, 1.807) is 13.3 Å². The zero-order valence-corrected chi connectivity index (χ0v) is 20.5. The van der Waals surface area contributed by atoms with Crippen LogP contribution in [0.2, 0.25) is 5.02 Å². The summed E-state index contributed by atoms with van der Waals surface area (Å²) in [5.41, 5.74) is 1.29. The van der Waals surface area contributed by atoms with E-state index >= 15 is 0 Å². The van der Waals surface area contributed by atoms with Crippen LogP contribution in [0.1, 0.15) is 49.8 Å². The fourth-order valence-electron chi connectivity index (χ4n) is 5.04. The van der Waals surface area contributed by atoms with Crippen LogP contribution >= 0.6 is 23.4 Å². The van der Waals surface area contributed by atoms with Gasteiger partial charge in [0.2, 0.25) is 0 Å². The van der Waals surface area contributed by atoms with Crippen molar-refractivity contribution in [1.82, 2.24) is 4.98 Å². The van der Waals surface area contributed by atoms with Gasteiger partial charge in [-0.1, -0.05) is 36.6 Å². The van der Waals surface area contributed by atoms with Crippen LogP contribution in [0.3, 0.4) is 0 Å². The summed E-state index contributed by atoms with van der Waals surface area (Å²) < 4.78 is 11.4. The lowest BCUT2D eigenvalue weighted by Crippen LogP contribution is -2.53. The second kappa shape index (κ2) is 10.9.